The maximum atomic E-state index is 12.2. The van der Waals surface area contributed by atoms with Gasteiger partial charge in [-0.25, -0.2) is 4.79 Å². The van der Waals surface area contributed by atoms with Crippen LogP contribution in [-0.4, -0.2) is 45.5 Å². The molecule has 26 heavy (non-hydrogen) atoms. The maximum Gasteiger partial charge on any atom is 0.408 e. The number of amides is 1. The van der Waals surface area contributed by atoms with Crippen LogP contribution in [0.25, 0.3) is 0 Å². The summed E-state index contributed by atoms with van der Waals surface area (Å²) in [6, 6.07) is 7.18. The highest BCUT2D eigenvalue weighted by molar-refractivity contribution is 5.68. The van der Waals surface area contributed by atoms with Gasteiger partial charge < -0.3 is 19.9 Å². The summed E-state index contributed by atoms with van der Waals surface area (Å²) >= 11 is 0. The van der Waals surface area contributed by atoms with Crippen molar-refractivity contribution < 1.29 is 19.4 Å². The van der Waals surface area contributed by atoms with Gasteiger partial charge in [0.2, 0.25) is 0 Å². The van der Waals surface area contributed by atoms with Crippen LogP contribution in [0.15, 0.2) is 30.5 Å². The first kappa shape index (κ1) is 19.7. The lowest BCUT2D eigenvalue weighted by molar-refractivity contribution is 0.0502. The molecule has 0 saturated carbocycles. The number of aliphatic hydroxyl groups excluding tert-OH is 1. The number of hydrogen-bond donors (Lipinski definition) is 2. The SMILES string of the molecule is COc1ccc(CC(NC(=O)OC(C)(C)C)c2cnn(CCO)n2)cc1. The van der Waals surface area contributed by atoms with E-state index in [1.54, 1.807) is 13.3 Å². The molecule has 1 atom stereocenters. The quantitative estimate of drug-likeness (QED) is 0.782. The number of aromatic nitrogens is 3. The first-order chi connectivity index (χ1) is 12.3. The van der Waals surface area contributed by atoms with Crippen LogP contribution in [0.3, 0.4) is 0 Å². The molecule has 0 saturated heterocycles. The van der Waals surface area contributed by atoms with Crippen LogP contribution >= 0.6 is 0 Å². The predicted octanol–water partition coefficient (Wildman–Crippen LogP) is 2.09. The first-order valence-corrected chi connectivity index (χ1v) is 8.44. The molecule has 0 aliphatic carbocycles. The molecule has 1 aromatic carbocycles. The van der Waals surface area contributed by atoms with Gasteiger partial charge in [-0.15, -0.1) is 0 Å². The molecule has 0 aliphatic rings. The van der Waals surface area contributed by atoms with Crippen LogP contribution in [0.5, 0.6) is 5.75 Å². The molecule has 0 radical (unpaired) electrons. The number of alkyl carbamates (subject to hydrolysis) is 1. The van der Waals surface area contributed by atoms with Gasteiger partial charge in [-0.05, 0) is 44.9 Å². The monoisotopic (exact) mass is 362 g/mol. The minimum Gasteiger partial charge on any atom is -0.497 e. The van der Waals surface area contributed by atoms with Gasteiger partial charge in [0.05, 0.1) is 32.5 Å². The molecule has 2 N–H and O–H groups in total. The number of nitrogens with one attached hydrogen (secondary N) is 1. The molecule has 142 valence electrons. The molecule has 2 aromatic rings. The van der Waals surface area contributed by atoms with E-state index < -0.39 is 17.7 Å². The van der Waals surface area contributed by atoms with Crippen LogP contribution in [0.1, 0.15) is 38.1 Å². The Morgan fingerprint density at radius 2 is 2.00 bits per heavy atom. The van der Waals surface area contributed by atoms with Crippen molar-refractivity contribution in [2.45, 2.75) is 45.4 Å². The van der Waals surface area contributed by atoms with Gasteiger partial charge in [-0.1, -0.05) is 12.1 Å². The number of carbonyl (C=O) groups excluding carboxylic acids is 1. The second-order valence-electron chi connectivity index (χ2n) is 6.84. The third-order valence-corrected chi connectivity index (χ3v) is 3.50. The third kappa shape index (κ3) is 6.03. The summed E-state index contributed by atoms with van der Waals surface area (Å²) in [5, 5.41) is 20.3. The fraction of sp³-hybridized carbons (Fsp3) is 0.500. The standard InChI is InChI=1S/C18H26N4O4/c1-18(2,3)26-17(24)20-15(16-12-19-22(21-16)9-10-23)11-13-5-7-14(25-4)8-6-13/h5-8,12,15,23H,9-11H2,1-4H3,(H,20,24). The smallest absolute Gasteiger partial charge is 0.408 e. The topological polar surface area (TPSA) is 98.5 Å². The van der Waals surface area contributed by atoms with Crippen LogP contribution in [0.2, 0.25) is 0 Å². The van der Waals surface area contributed by atoms with Crippen molar-refractivity contribution in [3.05, 3.63) is 41.7 Å². The normalized spacial score (nSPS) is 12.5. The minimum atomic E-state index is -0.594. The van der Waals surface area contributed by atoms with Gasteiger partial charge >= 0.3 is 6.09 Å². The zero-order valence-electron chi connectivity index (χ0n) is 15.6. The van der Waals surface area contributed by atoms with E-state index in [2.05, 4.69) is 15.5 Å². The summed E-state index contributed by atoms with van der Waals surface area (Å²) in [7, 11) is 1.61. The molecular weight excluding hydrogens is 336 g/mol. The second kappa shape index (κ2) is 8.66. The van der Waals surface area contributed by atoms with Crippen molar-refractivity contribution in [3.8, 4) is 5.75 Å². The molecule has 0 spiro atoms. The molecular formula is C18H26N4O4. The fourth-order valence-corrected chi connectivity index (χ4v) is 2.34. The molecule has 1 amide bonds. The average Bonchev–Trinajstić information content (AvgIpc) is 3.02. The molecule has 1 unspecified atom stereocenters. The first-order valence-electron chi connectivity index (χ1n) is 8.44. The summed E-state index contributed by atoms with van der Waals surface area (Å²) in [5.41, 5.74) is 1.01. The number of ether oxygens (including phenoxy) is 2. The molecule has 1 aromatic heterocycles. The zero-order valence-corrected chi connectivity index (χ0v) is 15.6. The number of carbonyl (C=O) groups is 1. The molecule has 2 rings (SSSR count). The van der Waals surface area contributed by atoms with Crippen LogP contribution in [-0.2, 0) is 17.7 Å². The van der Waals surface area contributed by atoms with Crippen LogP contribution in [0.4, 0.5) is 4.79 Å². The molecule has 0 fully saturated rings. The van der Waals surface area contributed by atoms with E-state index in [9.17, 15) is 4.79 Å². The Kier molecular flexibility index (Phi) is 6.57. The van der Waals surface area contributed by atoms with E-state index >= 15 is 0 Å². The fourth-order valence-electron chi connectivity index (χ4n) is 2.34. The highest BCUT2D eigenvalue weighted by atomic mass is 16.6. The van der Waals surface area contributed by atoms with E-state index in [4.69, 9.17) is 14.6 Å². The largest absolute Gasteiger partial charge is 0.497 e. The van der Waals surface area contributed by atoms with Gasteiger partial charge in [0, 0.05) is 0 Å². The summed E-state index contributed by atoms with van der Waals surface area (Å²) in [4.78, 5) is 13.6. The molecule has 0 bridgehead atoms. The van der Waals surface area contributed by atoms with Crippen molar-refractivity contribution in [1.29, 1.82) is 0 Å². The minimum absolute atomic E-state index is 0.0588. The van der Waals surface area contributed by atoms with Gasteiger partial charge in [0.25, 0.3) is 0 Å². The number of methoxy groups -OCH3 is 1. The second-order valence-corrected chi connectivity index (χ2v) is 6.84. The Balaban J connectivity index is 2.17. The van der Waals surface area contributed by atoms with E-state index in [1.165, 1.54) is 4.80 Å². The Morgan fingerprint density at radius 3 is 2.58 bits per heavy atom. The van der Waals surface area contributed by atoms with Gasteiger partial charge in [-0.2, -0.15) is 15.0 Å². The third-order valence-electron chi connectivity index (χ3n) is 3.50. The Morgan fingerprint density at radius 1 is 1.31 bits per heavy atom. The Labute approximate surface area is 153 Å². The number of rotatable bonds is 7. The lowest BCUT2D eigenvalue weighted by Crippen LogP contribution is -2.36. The number of benzene rings is 1. The van der Waals surface area contributed by atoms with Gasteiger partial charge in [-0.3, -0.25) is 0 Å². The van der Waals surface area contributed by atoms with E-state index in [-0.39, 0.29) is 6.61 Å². The van der Waals surface area contributed by atoms with Crippen molar-refractivity contribution in [3.63, 3.8) is 0 Å². The number of aliphatic hydroxyl groups is 1. The highest BCUT2D eigenvalue weighted by Gasteiger charge is 2.23. The van der Waals surface area contributed by atoms with E-state index in [0.29, 0.717) is 18.7 Å². The molecule has 8 heteroatoms. The number of hydrogen-bond acceptors (Lipinski definition) is 6. The lowest BCUT2D eigenvalue weighted by Gasteiger charge is -2.23. The summed E-state index contributed by atoms with van der Waals surface area (Å²) < 4.78 is 10.5. The van der Waals surface area contributed by atoms with Gasteiger partial charge in [0.15, 0.2) is 0 Å². The van der Waals surface area contributed by atoms with Crippen LogP contribution < -0.4 is 10.1 Å². The zero-order chi connectivity index (χ0) is 19.2. The summed E-state index contributed by atoms with van der Waals surface area (Å²) in [5.74, 6) is 0.763. The van der Waals surface area contributed by atoms with Crippen molar-refractivity contribution in [1.82, 2.24) is 20.3 Å². The average molecular weight is 362 g/mol. The molecule has 0 aliphatic heterocycles. The van der Waals surface area contributed by atoms with Crippen molar-refractivity contribution >= 4 is 6.09 Å². The van der Waals surface area contributed by atoms with Crippen molar-refractivity contribution in [2.24, 2.45) is 0 Å². The Hall–Kier alpha value is -2.61. The molecule has 1 heterocycles. The number of nitrogens with zero attached hydrogens (tertiary/aromatic N) is 3. The summed E-state index contributed by atoms with van der Waals surface area (Å²) in [6.07, 6.45) is 1.58. The van der Waals surface area contributed by atoms with Crippen molar-refractivity contribution in [2.75, 3.05) is 13.7 Å². The van der Waals surface area contributed by atoms with Gasteiger partial charge in [0.1, 0.15) is 17.0 Å². The maximum absolute atomic E-state index is 12.2. The van der Waals surface area contributed by atoms with E-state index in [0.717, 1.165) is 11.3 Å². The Bertz CT molecular complexity index is 707. The molecule has 8 nitrogen and oxygen atoms in total. The van der Waals surface area contributed by atoms with Crippen LogP contribution in [0, 0.1) is 0 Å². The highest BCUT2D eigenvalue weighted by Crippen LogP contribution is 2.20. The lowest BCUT2D eigenvalue weighted by atomic mass is 10.0. The summed E-state index contributed by atoms with van der Waals surface area (Å²) in [6.45, 7) is 5.66. The predicted molar refractivity (Wildman–Crippen MR) is 95.9 cm³/mol. The van der Waals surface area contributed by atoms with E-state index in [1.807, 2.05) is 45.0 Å².